The van der Waals surface area contributed by atoms with E-state index in [1.807, 2.05) is 37.3 Å². The van der Waals surface area contributed by atoms with Crippen LogP contribution in [0.5, 0.6) is 5.88 Å². The monoisotopic (exact) mass is 454 g/mol. The molecule has 5 atom stereocenters. The second kappa shape index (κ2) is 10.0. The molecule has 1 aliphatic rings. The van der Waals surface area contributed by atoms with Gasteiger partial charge in [0.2, 0.25) is 12.2 Å². The van der Waals surface area contributed by atoms with Crippen molar-refractivity contribution in [3.63, 3.8) is 0 Å². The quantitative estimate of drug-likeness (QED) is 0.428. The molecule has 1 saturated heterocycles. The number of aliphatic hydroxyl groups is 4. The Bertz CT molecular complexity index is 1050. The maximum Gasteiger partial charge on any atom is 0.239 e. The number of benzene rings is 2. The molecule has 0 amide bonds. The van der Waals surface area contributed by atoms with Gasteiger partial charge in [-0.15, -0.1) is 5.10 Å². The molecule has 4 rings (SSSR count). The summed E-state index contributed by atoms with van der Waals surface area (Å²) in [5, 5.41) is 44.8. The highest BCUT2D eigenvalue weighted by atomic mass is 16.7. The maximum atomic E-state index is 10.4. The molecule has 2 aromatic carbocycles. The molecule has 3 aromatic rings. The minimum Gasteiger partial charge on any atom is -0.443 e. The predicted molar refractivity (Wildman–Crippen MR) is 121 cm³/mol. The lowest BCUT2D eigenvalue weighted by molar-refractivity contribution is -0.278. The SMILES string of the molecule is CCc1ccc(Cc2c(OC3O[C@H](CO)[C@@H](O)[C@H](O)[C@H]3O)nn(-c3ccccc3)c2C)cc1. The first-order chi connectivity index (χ1) is 15.9. The molecule has 2 heterocycles. The Morgan fingerprint density at radius 3 is 2.24 bits per heavy atom. The molecule has 1 fully saturated rings. The van der Waals surface area contributed by atoms with Crippen LogP contribution in [0.4, 0.5) is 0 Å². The maximum absolute atomic E-state index is 10.4. The van der Waals surface area contributed by atoms with E-state index in [9.17, 15) is 20.4 Å². The molecule has 0 bridgehead atoms. The fourth-order valence-electron chi connectivity index (χ4n) is 4.00. The van der Waals surface area contributed by atoms with Crippen LogP contribution in [0.2, 0.25) is 0 Å². The molecule has 0 aliphatic carbocycles. The summed E-state index contributed by atoms with van der Waals surface area (Å²) in [7, 11) is 0. The zero-order valence-electron chi connectivity index (χ0n) is 18.7. The summed E-state index contributed by atoms with van der Waals surface area (Å²) in [6.07, 6.45) is -5.36. The smallest absolute Gasteiger partial charge is 0.239 e. The number of nitrogens with zero attached hydrogens (tertiary/aromatic N) is 2. The molecule has 1 unspecified atom stereocenters. The first kappa shape index (κ1) is 23.4. The molecule has 8 nitrogen and oxygen atoms in total. The first-order valence-electron chi connectivity index (χ1n) is 11.1. The normalized spacial score (nSPS) is 25.2. The van der Waals surface area contributed by atoms with Gasteiger partial charge in [0.05, 0.1) is 12.3 Å². The minimum atomic E-state index is -1.52. The van der Waals surface area contributed by atoms with Crippen LogP contribution in [0.25, 0.3) is 5.69 Å². The Hall–Kier alpha value is -2.75. The van der Waals surface area contributed by atoms with E-state index < -0.39 is 37.3 Å². The van der Waals surface area contributed by atoms with Crippen molar-refractivity contribution in [2.45, 2.75) is 57.4 Å². The lowest BCUT2D eigenvalue weighted by atomic mass is 9.99. The van der Waals surface area contributed by atoms with E-state index in [-0.39, 0.29) is 5.88 Å². The molecule has 4 N–H and O–H groups in total. The number of aromatic nitrogens is 2. The van der Waals surface area contributed by atoms with E-state index in [0.29, 0.717) is 6.42 Å². The van der Waals surface area contributed by atoms with E-state index in [0.717, 1.165) is 28.9 Å². The van der Waals surface area contributed by atoms with Gasteiger partial charge >= 0.3 is 0 Å². The highest BCUT2D eigenvalue weighted by Crippen LogP contribution is 2.30. The van der Waals surface area contributed by atoms with Gasteiger partial charge in [-0.3, -0.25) is 0 Å². The van der Waals surface area contributed by atoms with E-state index in [2.05, 4.69) is 36.3 Å². The molecule has 0 saturated carbocycles. The second-order valence-electron chi connectivity index (χ2n) is 8.28. The number of hydrogen-bond donors (Lipinski definition) is 4. The van der Waals surface area contributed by atoms with Crippen LogP contribution in [0.1, 0.15) is 29.3 Å². The summed E-state index contributed by atoms with van der Waals surface area (Å²) in [5.41, 5.74) is 4.83. The van der Waals surface area contributed by atoms with Gasteiger partial charge in [0, 0.05) is 17.7 Å². The molecule has 1 aromatic heterocycles. The Morgan fingerprint density at radius 2 is 1.61 bits per heavy atom. The number of hydrogen-bond acceptors (Lipinski definition) is 7. The van der Waals surface area contributed by atoms with Crippen molar-refractivity contribution in [1.29, 1.82) is 0 Å². The van der Waals surface area contributed by atoms with Crippen molar-refractivity contribution in [3.8, 4) is 11.6 Å². The van der Waals surface area contributed by atoms with Crippen LogP contribution in [0.15, 0.2) is 54.6 Å². The first-order valence-corrected chi connectivity index (χ1v) is 11.1. The van der Waals surface area contributed by atoms with Gasteiger partial charge in [0.25, 0.3) is 0 Å². The Kier molecular flexibility index (Phi) is 7.11. The summed E-state index contributed by atoms with van der Waals surface area (Å²) in [4.78, 5) is 0. The van der Waals surface area contributed by atoms with Crippen LogP contribution < -0.4 is 4.74 Å². The molecule has 33 heavy (non-hydrogen) atoms. The van der Waals surface area contributed by atoms with E-state index >= 15 is 0 Å². The summed E-state index contributed by atoms with van der Waals surface area (Å²) in [6.45, 7) is 3.52. The van der Waals surface area contributed by atoms with Gasteiger partial charge in [-0.25, -0.2) is 4.68 Å². The number of aryl methyl sites for hydroxylation is 1. The van der Waals surface area contributed by atoms with Gasteiger partial charge in [-0.05, 0) is 36.6 Å². The number of ether oxygens (including phenoxy) is 2. The number of aliphatic hydroxyl groups excluding tert-OH is 4. The van der Waals surface area contributed by atoms with Crippen molar-refractivity contribution < 1.29 is 29.9 Å². The van der Waals surface area contributed by atoms with E-state index in [1.54, 1.807) is 4.68 Å². The Morgan fingerprint density at radius 1 is 0.939 bits per heavy atom. The summed E-state index contributed by atoms with van der Waals surface area (Å²) in [6, 6.07) is 17.9. The van der Waals surface area contributed by atoms with E-state index in [1.165, 1.54) is 5.56 Å². The van der Waals surface area contributed by atoms with Gasteiger partial charge in [0.1, 0.15) is 24.4 Å². The Labute approximate surface area is 192 Å². The van der Waals surface area contributed by atoms with Crippen molar-refractivity contribution in [2.24, 2.45) is 0 Å². The zero-order chi connectivity index (χ0) is 23.5. The average Bonchev–Trinajstić information content (AvgIpc) is 3.15. The lowest BCUT2D eigenvalue weighted by Crippen LogP contribution is -2.60. The molecule has 0 spiro atoms. The average molecular weight is 455 g/mol. The fourth-order valence-corrected chi connectivity index (χ4v) is 4.00. The van der Waals surface area contributed by atoms with Crippen molar-refractivity contribution in [3.05, 3.63) is 77.0 Å². The van der Waals surface area contributed by atoms with E-state index in [4.69, 9.17) is 9.47 Å². The summed E-state index contributed by atoms with van der Waals surface area (Å²) >= 11 is 0. The molecule has 176 valence electrons. The van der Waals surface area contributed by atoms with Crippen LogP contribution in [0, 0.1) is 6.92 Å². The van der Waals surface area contributed by atoms with Crippen LogP contribution in [-0.4, -0.2) is 67.5 Å². The molecule has 0 radical (unpaired) electrons. The molecule has 1 aliphatic heterocycles. The third-order valence-electron chi connectivity index (χ3n) is 6.09. The van der Waals surface area contributed by atoms with Crippen LogP contribution >= 0.6 is 0 Å². The summed E-state index contributed by atoms with van der Waals surface area (Å²) in [5.74, 6) is 0.250. The fraction of sp³-hybridized carbons (Fsp3) is 0.400. The van der Waals surface area contributed by atoms with Gasteiger partial charge < -0.3 is 29.9 Å². The molecular weight excluding hydrogens is 424 g/mol. The highest BCUT2D eigenvalue weighted by molar-refractivity contribution is 5.42. The lowest BCUT2D eigenvalue weighted by Gasteiger charge is -2.39. The van der Waals surface area contributed by atoms with Crippen LogP contribution in [-0.2, 0) is 17.6 Å². The minimum absolute atomic E-state index is 0.250. The van der Waals surface area contributed by atoms with Gasteiger partial charge in [0.15, 0.2) is 0 Å². The third-order valence-corrected chi connectivity index (χ3v) is 6.09. The van der Waals surface area contributed by atoms with Crippen molar-refractivity contribution in [2.75, 3.05) is 6.61 Å². The topological polar surface area (TPSA) is 117 Å². The van der Waals surface area contributed by atoms with Crippen molar-refractivity contribution in [1.82, 2.24) is 9.78 Å². The molecule has 8 heteroatoms. The van der Waals surface area contributed by atoms with Gasteiger partial charge in [-0.1, -0.05) is 49.4 Å². The number of rotatable bonds is 7. The number of para-hydroxylation sites is 1. The van der Waals surface area contributed by atoms with Gasteiger partial charge in [-0.2, -0.15) is 0 Å². The third kappa shape index (κ3) is 4.80. The zero-order valence-corrected chi connectivity index (χ0v) is 18.7. The Balaban J connectivity index is 1.69. The summed E-state index contributed by atoms with van der Waals surface area (Å²) < 4.78 is 13.3. The predicted octanol–water partition coefficient (Wildman–Crippen LogP) is 1.51. The van der Waals surface area contributed by atoms with Crippen LogP contribution in [0.3, 0.4) is 0 Å². The molecular formula is C25H30N2O6. The largest absolute Gasteiger partial charge is 0.443 e. The second-order valence-corrected chi connectivity index (χ2v) is 8.28. The standard InChI is InChI=1S/C25H30N2O6/c1-3-16-9-11-17(12-10-16)13-19-15(2)27(18-7-5-4-6-8-18)26-24(19)33-25-23(31)22(30)21(29)20(14-28)32-25/h4-12,20-23,25,28-31H,3,13-14H2,1-2H3/t20-,21-,22+,23-,25?/m1/s1. The van der Waals surface area contributed by atoms with Crippen molar-refractivity contribution >= 4 is 0 Å². The highest BCUT2D eigenvalue weighted by Gasteiger charge is 2.45.